The quantitative estimate of drug-likeness (QED) is 0.888. The van der Waals surface area contributed by atoms with Gasteiger partial charge in [0.25, 0.3) is 0 Å². The Kier molecular flexibility index (Phi) is 4.01. The average molecular weight is 255 g/mol. The molecule has 1 saturated heterocycles. The number of anilines is 1. The zero-order valence-electron chi connectivity index (χ0n) is 10.8. The van der Waals surface area contributed by atoms with Gasteiger partial charge in [0.1, 0.15) is 0 Å². The van der Waals surface area contributed by atoms with Crippen LogP contribution in [0.1, 0.15) is 24.4 Å². The maximum absolute atomic E-state index is 9.19. The van der Waals surface area contributed by atoms with Gasteiger partial charge in [-0.2, -0.15) is 0 Å². The number of aryl methyl sites for hydroxylation is 1. The van der Waals surface area contributed by atoms with Crippen molar-refractivity contribution in [3.8, 4) is 0 Å². The molecule has 5 heteroatoms. The summed E-state index contributed by atoms with van der Waals surface area (Å²) < 4.78 is 0. The predicted octanol–water partition coefficient (Wildman–Crippen LogP) is 1.47. The summed E-state index contributed by atoms with van der Waals surface area (Å²) in [5, 5.41) is 10.3. The van der Waals surface area contributed by atoms with Gasteiger partial charge in [-0.3, -0.25) is 4.90 Å². The van der Waals surface area contributed by atoms with Gasteiger partial charge in [-0.1, -0.05) is 11.3 Å². The van der Waals surface area contributed by atoms with E-state index in [9.17, 15) is 5.11 Å². The molecule has 0 aromatic carbocycles. The van der Waals surface area contributed by atoms with Crippen molar-refractivity contribution >= 4 is 16.5 Å². The van der Waals surface area contributed by atoms with Crippen molar-refractivity contribution in [3.63, 3.8) is 0 Å². The van der Waals surface area contributed by atoms with E-state index in [0.717, 1.165) is 41.9 Å². The number of aliphatic hydroxyl groups excluding tert-OH is 1. The number of aliphatic hydroxyl groups is 1. The topological polar surface area (TPSA) is 39.6 Å². The Morgan fingerprint density at radius 3 is 2.41 bits per heavy atom. The highest BCUT2D eigenvalue weighted by molar-refractivity contribution is 7.15. The molecule has 17 heavy (non-hydrogen) atoms. The Morgan fingerprint density at radius 2 is 1.94 bits per heavy atom. The molecule has 1 aliphatic heterocycles. The van der Waals surface area contributed by atoms with Crippen LogP contribution in [0.5, 0.6) is 0 Å². The van der Waals surface area contributed by atoms with Gasteiger partial charge in [-0.25, -0.2) is 4.98 Å². The first-order chi connectivity index (χ1) is 8.11. The molecule has 2 rings (SSSR count). The molecule has 0 spiro atoms. The first-order valence-corrected chi connectivity index (χ1v) is 6.99. The highest BCUT2D eigenvalue weighted by atomic mass is 32.1. The van der Waals surface area contributed by atoms with Gasteiger partial charge < -0.3 is 10.0 Å². The lowest BCUT2D eigenvalue weighted by Gasteiger charge is -2.36. The van der Waals surface area contributed by atoms with Crippen molar-refractivity contribution < 1.29 is 5.11 Å². The number of rotatable bonds is 3. The van der Waals surface area contributed by atoms with E-state index in [-0.39, 0.29) is 6.61 Å². The van der Waals surface area contributed by atoms with Crippen LogP contribution in [-0.4, -0.2) is 47.2 Å². The second-order valence-electron chi connectivity index (χ2n) is 4.78. The number of aromatic nitrogens is 1. The van der Waals surface area contributed by atoms with E-state index in [0.29, 0.717) is 6.04 Å². The van der Waals surface area contributed by atoms with Crippen LogP contribution < -0.4 is 4.90 Å². The molecule has 1 aliphatic rings. The van der Waals surface area contributed by atoms with E-state index < -0.39 is 0 Å². The summed E-state index contributed by atoms with van der Waals surface area (Å²) in [6.45, 7) is 10.8. The van der Waals surface area contributed by atoms with E-state index in [1.54, 1.807) is 11.3 Å². The minimum Gasteiger partial charge on any atom is -0.391 e. The molecule has 0 radical (unpaired) electrons. The van der Waals surface area contributed by atoms with E-state index in [1.807, 2.05) is 6.92 Å². The Balaban J connectivity index is 2.00. The number of thiazole rings is 1. The third kappa shape index (κ3) is 2.78. The van der Waals surface area contributed by atoms with Crippen molar-refractivity contribution in [2.75, 3.05) is 31.1 Å². The number of nitrogens with zero attached hydrogens (tertiary/aromatic N) is 3. The molecular weight excluding hydrogens is 234 g/mol. The zero-order valence-corrected chi connectivity index (χ0v) is 11.6. The average Bonchev–Trinajstić information content (AvgIpc) is 2.70. The lowest BCUT2D eigenvalue weighted by Crippen LogP contribution is -2.48. The first-order valence-electron chi connectivity index (χ1n) is 6.18. The smallest absolute Gasteiger partial charge is 0.185 e. The summed E-state index contributed by atoms with van der Waals surface area (Å²) in [5.41, 5.74) is 0.971. The van der Waals surface area contributed by atoms with Gasteiger partial charge >= 0.3 is 0 Å². The number of hydrogen-bond acceptors (Lipinski definition) is 5. The lowest BCUT2D eigenvalue weighted by atomic mass is 10.2. The summed E-state index contributed by atoms with van der Waals surface area (Å²) in [7, 11) is 0. The molecule has 1 aromatic rings. The molecule has 4 nitrogen and oxygen atoms in total. The zero-order chi connectivity index (χ0) is 12.4. The van der Waals surface area contributed by atoms with Crippen LogP contribution in [-0.2, 0) is 6.61 Å². The van der Waals surface area contributed by atoms with Gasteiger partial charge in [0, 0.05) is 32.2 Å². The summed E-state index contributed by atoms with van der Waals surface area (Å²) >= 11 is 1.62. The van der Waals surface area contributed by atoms with Crippen molar-refractivity contribution in [2.45, 2.75) is 33.4 Å². The highest BCUT2D eigenvalue weighted by Crippen LogP contribution is 2.26. The fourth-order valence-corrected chi connectivity index (χ4v) is 3.10. The molecule has 1 N–H and O–H groups in total. The predicted molar refractivity (Wildman–Crippen MR) is 71.7 cm³/mol. The van der Waals surface area contributed by atoms with Crippen LogP contribution in [0, 0.1) is 6.92 Å². The van der Waals surface area contributed by atoms with Gasteiger partial charge in [0.15, 0.2) is 5.13 Å². The minimum absolute atomic E-state index is 0.107. The van der Waals surface area contributed by atoms with Crippen molar-refractivity contribution in [1.29, 1.82) is 0 Å². The molecule has 0 saturated carbocycles. The van der Waals surface area contributed by atoms with Crippen molar-refractivity contribution in [2.24, 2.45) is 0 Å². The summed E-state index contributed by atoms with van der Waals surface area (Å²) in [6, 6.07) is 0.628. The van der Waals surface area contributed by atoms with E-state index in [2.05, 4.69) is 28.6 Å². The van der Waals surface area contributed by atoms with Gasteiger partial charge in [0.2, 0.25) is 0 Å². The Morgan fingerprint density at radius 1 is 1.29 bits per heavy atom. The maximum atomic E-state index is 9.19. The Hall–Kier alpha value is -0.650. The van der Waals surface area contributed by atoms with Crippen molar-refractivity contribution in [1.82, 2.24) is 9.88 Å². The van der Waals surface area contributed by atoms with E-state index >= 15 is 0 Å². The molecule has 96 valence electrons. The van der Waals surface area contributed by atoms with Crippen LogP contribution in [0.2, 0.25) is 0 Å². The molecule has 0 unspecified atom stereocenters. The minimum atomic E-state index is 0.107. The van der Waals surface area contributed by atoms with Crippen LogP contribution in [0.4, 0.5) is 5.13 Å². The highest BCUT2D eigenvalue weighted by Gasteiger charge is 2.21. The molecule has 2 heterocycles. The molecule has 0 aliphatic carbocycles. The second-order valence-corrected chi connectivity index (χ2v) is 5.84. The fourth-order valence-electron chi connectivity index (χ4n) is 2.12. The van der Waals surface area contributed by atoms with Crippen molar-refractivity contribution in [3.05, 3.63) is 10.6 Å². The molecule has 1 fully saturated rings. The van der Waals surface area contributed by atoms with Crippen LogP contribution in [0.3, 0.4) is 0 Å². The number of piperazine rings is 1. The lowest BCUT2D eigenvalue weighted by molar-refractivity contribution is 0.209. The SMILES string of the molecule is Cc1nc(N2CCN(C(C)C)CC2)sc1CO. The summed E-state index contributed by atoms with van der Waals surface area (Å²) in [4.78, 5) is 10.4. The third-order valence-corrected chi connectivity index (χ3v) is 4.54. The molecule has 1 aromatic heterocycles. The summed E-state index contributed by atoms with van der Waals surface area (Å²) in [6.07, 6.45) is 0. The molecular formula is C12H21N3OS. The molecule has 0 bridgehead atoms. The monoisotopic (exact) mass is 255 g/mol. The Labute approximate surface area is 107 Å². The van der Waals surface area contributed by atoms with Gasteiger partial charge in [0.05, 0.1) is 17.2 Å². The molecule has 0 amide bonds. The largest absolute Gasteiger partial charge is 0.391 e. The standard InChI is InChI=1S/C12H21N3OS/c1-9(2)14-4-6-15(7-5-14)12-13-10(3)11(8-16)17-12/h9,16H,4-8H2,1-3H3. The van der Waals surface area contributed by atoms with Crippen LogP contribution >= 0.6 is 11.3 Å². The Bertz CT molecular complexity index is 370. The first kappa shape index (κ1) is 12.8. The van der Waals surface area contributed by atoms with E-state index in [4.69, 9.17) is 0 Å². The van der Waals surface area contributed by atoms with Crippen LogP contribution in [0.15, 0.2) is 0 Å². The number of hydrogen-bond donors (Lipinski definition) is 1. The van der Waals surface area contributed by atoms with Gasteiger partial charge in [-0.15, -0.1) is 0 Å². The normalized spacial score (nSPS) is 18.1. The third-order valence-electron chi connectivity index (χ3n) is 3.34. The maximum Gasteiger partial charge on any atom is 0.185 e. The van der Waals surface area contributed by atoms with E-state index in [1.165, 1.54) is 0 Å². The fraction of sp³-hybridized carbons (Fsp3) is 0.750. The second kappa shape index (κ2) is 5.33. The summed E-state index contributed by atoms with van der Waals surface area (Å²) in [5.74, 6) is 0. The van der Waals surface area contributed by atoms with Crippen LogP contribution in [0.25, 0.3) is 0 Å². The van der Waals surface area contributed by atoms with Gasteiger partial charge in [-0.05, 0) is 20.8 Å². The molecule has 0 atom stereocenters.